The first-order chi connectivity index (χ1) is 12.5. The Kier molecular flexibility index (Phi) is 5.65. The topological polar surface area (TPSA) is 80.3 Å². The Labute approximate surface area is 158 Å². The van der Waals surface area contributed by atoms with E-state index in [1.54, 1.807) is 11.3 Å². The zero-order valence-electron chi connectivity index (χ0n) is 14.2. The Morgan fingerprint density at radius 2 is 1.92 bits per heavy atom. The van der Waals surface area contributed by atoms with E-state index in [4.69, 9.17) is 4.74 Å². The Bertz CT molecular complexity index is 899. The molecule has 0 aliphatic heterocycles. The van der Waals surface area contributed by atoms with E-state index in [9.17, 15) is 9.59 Å². The lowest BCUT2D eigenvalue weighted by Gasteiger charge is -2.09. The van der Waals surface area contributed by atoms with Gasteiger partial charge in [-0.15, -0.1) is 22.7 Å². The lowest BCUT2D eigenvalue weighted by Crippen LogP contribution is -2.43. The average Bonchev–Trinajstić information content (AvgIpc) is 3.27. The molecule has 1 aromatic carbocycles. The molecule has 0 saturated carbocycles. The normalized spacial score (nSPS) is 10.4. The molecule has 8 heteroatoms. The van der Waals surface area contributed by atoms with Crippen molar-refractivity contribution in [1.29, 1.82) is 0 Å². The van der Waals surface area contributed by atoms with Crippen molar-refractivity contribution in [3.63, 3.8) is 0 Å². The van der Waals surface area contributed by atoms with Crippen molar-refractivity contribution in [2.75, 3.05) is 6.61 Å². The highest BCUT2D eigenvalue weighted by atomic mass is 32.1. The molecule has 0 atom stereocenters. The fourth-order valence-corrected chi connectivity index (χ4v) is 3.90. The van der Waals surface area contributed by atoms with Crippen LogP contribution >= 0.6 is 22.7 Å². The molecule has 0 spiro atoms. The number of carbonyl (C=O) groups excluding carboxylic acids is 2. The molecule has 0 fully saturated rings. The summed E-state index contributed by atoms with van der Waals surface area (Å²) in [6, 6.07) is 9.59. The number of amides is 2. The largest absolute Gasteiger partial charge is 0.484 e. The van der Waals surface area contributed by atoms with Gasteiger partial charge in [-0.2, -0.15) is 0 Å². The molecule has 3 aromatic rings. The quantitative estimate of drug-likeness (QED) is 0.658. The zero-order chi connectivity index (χ0) is 18.5. The Morgan fingerprint density at radius 1 is 1.15 bits per heavy atom. The molecule has 2 N–H and O–H groups in total. The number of carbonyl (C=O) groups is 2. The van der Waals surface area contributed by atoms with Crippen LogP contribution in [0.4, 0.5) is 0 Å². The number of rotatable bonds is 5. The summed E-state index contributed by atoms with van der Waals surface area (Å²) in [4.78, 5) is 29.6. The summed E-state index contributed by atoms with van der Waals surface area (Å²) < 4.78 is 5.45. The summed E-state index contributed by atoms with van der Waals surface area (Å²) in [6.07, 6.45) is 1.49. The first kappa shape index (κ1) is 18.1. The third-order valence-corrected chi connectivity index (χ3v) is 5.38. The molecule has 0 saturated heterocycles. The number of hydrogen-bond acceptors (Lipinski definition) is 6. The van der Waals surface area contributed by atoms with Crippen molar-refractivity contribution in [3.05, 3.63) is 57.9 Å². The second kappa shape index (κ2) is 8.11. The predicted molar refractivity (Wildman–Crippen MR) is 102 cm³/mol. The number of hydrogen-bond donors (Lipinski definition) is 2. The van der Waals surface area contributed by atoms with Crippen LogP contribution in [-0.2, 0) is 4.79 Å². The number of nitrogens with one attached hydrogen (secondary N) is 2. The molecule has 2 amide bonds. The van der Waals surface area contributed by atoms with Crippen molar-refractivity contribution in [1.82, 2.24) is 15.8 Å². The van der Waals surface area contributed by atoms with Crippen LogP contribution < -0.4 is 15.6 Å². The second-order valence-electron chi connectivity index (χ2n) is 5.62. The third-order valence-electron chi connectivity index (χ3n) is 3.34. The van der Waals surface area contributed by atoms with Gasteiger partial charge in [0.1, 0.15) is 15.6 Å². The molecule has 26 heavy (non-hydrogen) atoms. The van der Waals surface area contributed by atoms with Crippen molar-refractivity contribution >= 4 is 34.5 Å². The fourth-order valence-electron chi connectivity index (χ4n) is 2.28. The highest BCUT2D eigenvalue weighted by Crippen LogP contribution is 2.28. The monoisotopic (exact) mass is 387 g/mol. The molecule has 0 aliphatic carbocycles. The number of thiophene rings is 1. The van der Waals surface area contributed by atoms with E-state index in [1.165, 1.54) is 17.5 Å². The van der Waals surface area contributed by atoms with Crippen molar-refractivity contribution < 1.29 is 14.3 Å². The number of ether oxygens (including phenoxy) is 1. The van der Waals surface area contributed by atoms with Gasteiger partial charge in [-0.1, -0.05) is 12.1 Å². The molecule has 0 bridgehead atoms. The van der Waals surface area contributed by atoms with E-state index in [1.807, 2.05) is 49.6 Å². The Morgan fingerprint density at radius 3 is 2.62 bits per heavy atom. The minimum Gasteiger partial charge on any atom is -0.484 e. The van der Waals surface area contributed by atoms with Crippen LogP contribution in [0.1, 0.15) is 20.8 Å². The van der Waals surface area contributed by atoms with Crippen molar-refractivity contribution in [2.45, 2.75) is 13.8 Å². The summed E-state index contributed by atoms with van der Waals surface area (Å²) in [5.41, 5.74) is 6.83. The highest BCUT2D eigenvalue weighted by molar-refractivity contribution is 7.21. The van der Waals surface area contributed by atoms with Crippen LogP contribution in [0.25, 0.3) is 9.88 Å². The van der Waals surface area contributed by atoms with Crippen LogP contribution in [0.15, 0.2) is 41.9 Å². The van der Waals surface area contributed by atoms with E-state index >= 15 is 0 Å². The minimum absolute atomic E-state index is 0.188. The van der Waals surface area contributed by atoms with Gasteiger partial charge in [-0.25, -0.2) is 4.98 Å². The van der Waals surface area contributed by atoms with Gasteiger partial charge in [0, 0.05) is 0 Å². The van der Waals surface area contributed by atoms with Gasteiger partial charge >= 0.3 is 0 Å². The molecule has 2 aromatic heterocycles. The van der Waals surface area contributed by atoms with Crippen LogP contribution in [0.2, 0.25) is 0 Å². The molecule has 6 nitrogen and oxygen atoms in total. The van der Waals surface area contributed by atoms with Crippen LogP contribution in [0.3, 0.4) is 0 Å². The number of nitrogens with zero attached hydrogens (tertiary/aromatic N) is 1. The standard InChI is InChI=1S/C18H17N3O3S2/c1-11-6-12(2)8-13(7-11)24-10-16(22)20-21-17(23)15-9-19-18(26-15)14-4-3-5-25-14/h3-9H,10H2,1-2H3,(H,20,22)(H,21,23). The molecule has 0 unspecified atom stereocenters. The summed E-state index contributed by atoms with van der Waals surface area (Å²) >= 11 is 2.82. The van der Waals surface area contributed by atoms with Crippen LogP contribution in [0, 0.1) is 13.8 Å². The maximum absolute atomic E-state index is 12.1. The van der Waals surface area contributed by atoms with Crippen LogP contribution in [-0.4, -0.2) is 23.4 Å². The van der Waals surface area contributed by atoms with Gasteiger partial charge in [0.05, 0.1) is 11.1 Å². The maximum atomic E-state index is 12.1. The number of thiazole rings is 1. The highest BCUT2D eigenvalue weighted by Gasteiger charge is 2.13. The van der Waals surface area contributed by atoms with Gasteiger partial charge in [0.2, 0.25) is 0 Å². The van der Waals surface area contributed by atoms with Gasteiger partial charge in [0.15, 0.2) is 6.61 Å². The van der Waals surface area contributed by atoms with E-state index < -0.39 is 11.8 Å². The lowest BCUT2D eigenvalue weighted by atomic mass is 10.1. The number of benzene rings is 1. The van der Waals surface area contributed by atoms with Crippen molar-refractivity contribution in [3.8, 4) is 15.6 Å². The van der Waals surface area contributed by atoms with Gasteiger partial charge in [-0.05, 0) is 48.6 Å². The molecule has 2 heterocycles. The molecular weight excluding hydrogens is 370 g/mol. The van der Waals surface area contributed by atoms with E-state index in [0.29, 0.717) is 10.6 Å². The van der Waals surface area contributed by atoms with Crippen molar-refractivity contribution in [2.24, 2.45) is 0 Å². The Balaban J connectivity index is 1.49. The zero-order valence-corrected chi connectivity index (χ0v) is 15.9. The summed E-state index contributed by atoms with van der Waals surface area (Å²) in [6.45, 7) is 3.73. The van der Waals surface area contributed by atoms with E-state index in [2.05, 4.69) is 15.8 Å². The van der Waals surface area contributed by atoms with Gasteiger partial charge < -0.3 is 4.74 Å². The fraction of sp³-hybridized carbons (Fsp3) is 0.167. The molecule has 3 rings (SSSR count). The smallest absolute Gasteiger partial charge is 0.281 e. The predicted octanol–water partition coefficient (Wildman–Crippen LogP) is 3.33. The van der Waals surface area contributed by atoms with Crippen LogP contribution in [0.5, 0.6) is 5.75 Å². The lowest BCUT2D eigenvalue weighted by molar-refractivity contribution is -0.123. The maximum Gasteiger partial charge on any atom is 0.281 e. The number of hydrazine groups is 1. The van der Waals surface area contributed by atoms with E-state index in [0.717, 1.165) is 21.0 Å². The number of aromatic nitrogens is 1. The molecule has 0 radical (unpaired) electrons. The minimum atomic E-state index is -0.444. The first-order valence-corrected chi connectivity index (χ1v) is 9.51. The average molecular weight is 387 g/mol. The molecular formula is C18H17N3O3S2. The SMILES string of the molecule is Cc1cc(C)cc(OCC(=O)NNC(=O)c2cnc(-c3cccs3)s2)c1. The first-order valence-electron chi connectivity index (χ1n) is 7.81. The summed E-state index contributed by atoms with van der Waals surface area (Å²) in [7, 11) is 0. The number of aryl methyl sites for hydroxylation is 2. The third kappa shape index (κ3) is 4.68. The van der Waals surface area contributed by atoms with E-state index in [-0.39, 0.29) is 6.61 Å². The van der Waals surface area contributed by atoms with Gasteiger partial charge in [0.25, 0.3) is 11.8 Å². The summed E-state index contributed by atoms with van der Waals surface area (Å²) in [5, 5.41) is 2.72. The second-order valence-corrected chi connectivity index (χ2v) is 7.60. The molecule has 0 aliphatic rings. The molecule has 134 valence electrons. The van der Waals surface area contributed by atoms with Gasteiger partial charge in [-0.3, -0.25) is 20.4 Å². The Hall–Kier alpha value is -2.71. The summed E-state index contributed by atoms with van der Waals surface area (Å²) in [5.74, 6) is -0.238.